The highest BCUT2D eigenvalue weighted by molar-refractivity contribution is 7.92. The lowest BCUT2D eigenvalue weighted by atomic mass is 10.1. The van der Waals surface area contributed by atoms with Gasteiger partial charge in [0, 0.05) is 24.3 Å². The summed E-state index contributed by atoms with van der Waals surface area (Å²) in [4.78, 5) is 13.0. The Morgan fingerprint density at radius 2 is 1.69 bits per heavy atom. The van der Waals surface area contributed by atoms with Gasteiger partial charge in [0.05, 0.1) is 22.0 Å². The molecule has 4 rings (SSSR count). The fraction of sp³-hybridized carbons (Fsp3) is 0.240. The highest BCUT2D eigenvalue weighted by Gasteiger charge is 2.31. The molecule has 0 radical (unpaired) electrons. The molecular formula is C25H26ClN3O5S2. The van der Waals surface area contributed by atoms with E-state index in [0.29, 0.717) is 28.4 Å². The average Bonchev–Trinajstić information content (AvgIpc) is 3.25. The molecule has 3 aromatic carbocycles. The highest BCUT2D eigenvalue weighted by Crippen LogP contribution is 2.35. The quantitative estimate of drug-likeness (QED) is 0.482. The van der Waals surface area contributed by atoms with Gasteiger partial charge in [-0.2, -0.15) is 4.31 Å². The smallest absolute Gasteiger partial charge is 0.264 e. The van der Waals surface area contributed by atoms with Crippen LogP contribution in [0.1, 0.15) is 16.7 Å². The molecule has 0 fully saturated rings. The number of nitrogens with one attached hydrogen (secondary N) is 1. The number of fused-ring (bicyclic) bond motifs is 1. The van der Waals surface area contributed by atoms with Crippen LogP contribution in [0.25, 0.3) is 0 Å². The van der Waals surface area contributed by atoms with Gasteiger partial charge in [-0.25, -0.2) is 16.8 Å². The topological polar surface area (TPSA) is 104 Å². The van der Waals surface area contributed by atoms with E-state index in [2.05, 4.69) is 5.32 Å². The molecule has 1 N–H and O–H groups in total. The molecule has 11 heteroatoms. The van der Waals surface area contributed by atoms with E-state index in [1.54, 1.807) is 44.2 Å². The number of rotatable bonds is 7. The van der Waals surface area contributed by atoms with Crippen molar-refractivity contribution in [2.24, 2.45) is 0 Å². The fourth-order valence-electron chi connectivity index (χ4n) is 4.05. The number of hydrogen-bond donors (Lipinski definition) is 1. The van der Waals surface area contributed by atoms with Crippen molar-refractivity contribution in [2.45, 2.75) is 30.1 Å². The number of carbonyl (C=O) groups excluding carboxylic acids is 1. The summed E-state index contributed by atoms with van der Waals surface area (Å²) in [6, 6.07) is 16.1. The predicted octanol–water partition coefficient (Wildman–Crippen LogP) is 3.97. The Morgan fingerprint density at radius 3 is 2.39 bits per heavy atom. The summed E-state index contributed by atoms with van der Waals surface area (Å²) >= 11 is 5.90. The summed E-state index contributed by atoms with van der Waals surface area (Å²) in [5.74, 6) is -0.545. The summed E-state index contributed by atoms with van der Waals surface area (Å²) in [6.45, 7) is 3.37. The van der Waals surface area contributed by atoms with Gasteiger partial charge in [-0.3, -0.25) is 9.10 Å². The van der Waals surface area contributed by atoms with E-state index in [1.165, 1.54) is 35.6 Å². The average molecular weight is 548 g/mol. The van der Waals surface area contributed by atoms with Gasteiger partial charge in [0.25, 0.3) is 10.0 Å². The third-order valence-corrected chi connectivity index (χ3v) is 10.0. The summed E-state index contributed by atoms with van der Waals surface area (Å²) in [7, 11) is -6.34. The van der Waals surface area contributed by atoms with Gasteiger partial charge < -0.3 is 5.32 Å². The number of carbonyl (C=O) groups is 1. The van der Waals surface area contributed by atoms with Gasteiger partial charge in [-0.05, 0) is 79.4 Å². The predicted molar refractivity (Wildman–Crippen MR) is 140 cm³/mol. The SMILES string of the molecule is Cc1ccc(C)c(S(=O)(=O)N(C)CC(=O)Nc2ccc3c(c2)N(S(=O)(=O)c2ccc(Cl)cc2)CC3)c1. The molecule has 0 unspecified atom stereocenters. The van der Waals surface area contributed by atoms with Gasteiger partial charge in [-0.15, -0.1) is 0 Å². The van der Waals surface area contributed by atoms with Crippen LogP contribution in [0.4, 0.5) is 11.4 Å². The molecule has 0 spiro atoms. The zero-order valence-electron chi connectivity index (χ0n) is 20.0. The molecule has 3 aromatic rings. The number of nitrogens with zero attached hydrogens (tertiary/aromatic N) is 2. The molecule has 0 saturated heterocycles. The number of amides is 1. The Kier molecular flexibility index (Phi) is 7.16. The van der Waals surface area contributed by atoms with E-state index in [4.69, 9.17) is 11.6 Å². The molecule has 1 amide bonds. The molecule has 1 aliphatic heterocycles. The lowest BCUT2D eigenvalue weighted by Gasteiger charge is -2.21. The Balaban J connectivity index is 1.52. The van der Waals surface area contributed by atoms with E-state index in [0.717, 1.165) is 15.4 Å². The van der Waals surface area contributed by atoms with Crippen molar-refractivity contribution in [3.05, 3.63) is 82.4 Å². The van der Waals surface area contributed by atoms with Gasteiger partial charge in [-0.1, -0.05) is 29.8 Å². The molecule has 8 nitrogen and oxygen atoms in total. The van der Waals surface area contributed by atoms with Gasteiger partial charge in [0.1, 0.15) is 0 Å². The number of hydrogen-bond acceptors (Lipinski definition) is 5. The number of likely N-dealkylation sites (N-methyl/N-ethyl adjacent to an activating group) is 1. The summed E-state index contributed by atoms with van der Waals surface area (Å²) in [5, 5.41) is 3.12. The number of benzene rings is 3. The third kappa shape index (κ3) is 5.12. The number of anilines is 2. The number of halogens is 1. The standard InChI is InChI=1S/C25H26ClN3O5S2/c1-17-4-5-18(2)24(14-17)36(33,34)28(3)16-25(30)27-21-9-6-19-12-13-29(23(19)15-21)35(31,32)22-10-7-20(26)8-11-22/h4-11,14-15H,12-13,16H2,1-3H3,(H,27,30). The minimum absolute atomic E-state index is 0.118. The summed E-state index contributed by atoms with van der Waals surface area (Å²) in [6.07, 6.45) is 0.535. The Hall–Kier alpha value is -2.92. The zero-order chi connectivity index (χ0) is 26.3. The number of aryl methyl sites for hydroxylation is 2. The van der Waals surface area contributed by atoms with E-state index in [-0.39, 0.29) is 16.3 Å². The molecule has 36 heavy (non-hydrogen) atoms. The second kappa shape index (κ2) is 9.85. The molecule has 1 aliphatic rings. The highest BCUT2D eigenvalue weighted by atomic mass is 35.5. The normalized spacial score (nSPS) is 13.6. The molecule has 0 saturated carbocycles. The van der Waals surface area contributed by atoms with Crippen LogP contribution in [0.3, 0.4) is 0 Å². The van der Waals surface area contributed by atoms with Crippen molar-refractivity contribution < 1.29 is 21.6 Å². The first-order valence-corrected chi connectivity index (χ1v) is 14.4. The summed E-state index contributed by atoms with van der Waals surface area (Å²) in [5.41, 5.74) is 3.07. The van der Waals surface area contributed by atoms with Crippen LogP contribution in [-0.2, 0) is 31.3 Å². The van der Waals surface area contributed by atoms with Crippen LogP contribution in [-0.4, -0.2) is 47.2 Å². The number of sulfonamides is 2. The van der Waals surface area contributed by atoms with Crippen LogP contribution < -0.4 is 9.62 Å². The maximum Gasteiger partial charge on any atom is 0.264 e. The largest absolute Gasteiger partial charge is 0.325 e. The molecule has 0 aromatic heterocycles. The maximum atomic E-state index is 13.2. The molecule has 0 aliphatic carbocycles. The minimum atomic E-state index is -3.88. The maximum absolute atomic E-state index is 13.2. The monoisotopic (exact) mass is 547 g/mol. The van der Waals surface area contributed by atoms with Crippen molar-refractivity contribution >= 4 is 48.9 Å². The first-order chi connectivity index (χ1) is 16.9. The van der Waals surface area contributed by atoms with Crippen LogP contribution >= 0.6 is 11.6 Å². The summed E-state index contributed by atoms with van der Waals surface area (Å²) < 4.78 is 54.8. The van der Waals surface area contributed by atoms with Gasteiger partial charge in [0.15, 0.2) is 0 Å². The molecule has 190 valence electrons. The molecular weight excluding hydrogens is 522 g/mol. The van der Waals surface area contributed by atoms with Crippen LogP contribution in [0.2, 0.25) is 5.02 Å². The molecule has 0 atom stereocenters. The minimum Gasteiger partial charge on any atom is -0.325 e. The van der Waals surface area contributed by atoms with E-state index in [1.807, 2.05) is 6.07 Å². The third-order valence-electron chi connectivity index (χ3n) is 6.02. The van der Waals surface area contributed by atoms with Crippen molar-refractivity contribution in [1.29, 1.82) is 0 Å². The van der Waals surface area contributed by atoms with Crippen LogP contribution in [0.5, 0.6) is 0 Å². The lowest BCUT2D eigenvalue weighted by Crippen LogP contribution is -2.35. The second-order valence-electron chi connectivity index (χ2n) is 8.70. The zero-order valence-corrected chi connectivity index (χ0v) is 22.4. The Labute approximate surface area is 216 Å². The van der Waals surface area contributed by atoms with Crippen molar-refractivity contribution in [3.8, 4) is 0 Å². The Morgan fingerprint density at radius 1 is 1.00 bits per heavy atom. The van der Waals surface area contributed by atoms with E-state index < -0.39 is 32.5 Å². The lowest BCUT2D eigenvalue weighted by molar-refractivity contribution is -0.116. The van der Waals surface area contributed by atoms with Crippen molar-refractivity contribution in [3.63, 3.8) is 0 Å². The molecule has 0 bridgehead atoms. The van der Waals surface area contributed by atoms with Crippen LogP contribution in [0.15, 0.2) is 70.5 Å². The second-order valence-corrected chi connectivity index (χ2v) is 13.0. The van der Waals surface area contributed by atoms with E-state index >= 15 is 0 Å². The molecule has 1 heterocycles. The van der Waals surface area contributed by atoms with E-state index in [9.17, 15) is 21.6 Å². The van der Waals surface area contributed by atoms with Crippen molar-refractivity contribution in [1.82, 2.24) is 4.31 Å². The van der Waals surface area contributed by atoms with Gasteiger partial charge in [0.2, 0.25) is 15.9 Å². The fourth-order valence-corrected chi connectivity index (χ4v) is 7.11. The van der Waals surface area contributed by atoms with Crippen molar-refractivity contribution in [2.75, 3.05) is 29.8 Å². The van der Waals surface area contributed by atoms with Gasteiger partial charge >= 0.3 is 0 Å². The first kappa shape index (κ1) is 26.2. The van der Waals surface area contributed by atoms with Crippen LogP contribution in [0, 0.1) is 13.8 Å². The first-order valence-electron chi connectivity index (χ1n) is 11.1. The Bertz CT molecular complexity index is 1540.